The van der Waals surface area contributed by atoms with Crippen LogP contribution in [-0.2, 0) is 0 Å². The van der Waals surface area contributed by atoms with E-state index in [0.717, 1.165) is 17.7 Å². The molecule has 0 aliphatic heterocycles. The maximum atomic E-state index is 13.4. The second-order valence-corrected chi connectivity index (χ2v) is 4.23. The van der Waals surface area contributed by atoms with Crippen LogP contribution in [0.25, 0.3) is 0 Å². The second-order valence-electron chi connectivity index (χ2n) is 4.23. The molecule has 0 fully saturated rings. The van der Waals surface area contributed by atoms with Crippen molar-refractivity contribution in [2.24, 2.45) is 5.73 Å². The van der Waals surface area contributed by atoms with E-state index in [9.17, 15) is 8.78 Å². The molecule has 0 heterocycles. The predicted molar refractivity (Wildman–Crippen MR) is 71.8 cm³/mol. The van der Waals surface area contributed by atoms with Crippen LogP contribution >= 0.6 is 0 Å². The molecular formula is C15H15F2NO2. The van der Waals surface area contributed by atoms with Crippen molar-refractivity contribution in [2.45, 2.75) is 6.04 Å². The van der Waals surface area contributed by atoms with Crippen molar-refractivity contribution < 1.29 is 18.3 Å². The minimum atomic E-state index is -0.753. The van der Waals surface area contributed by atoms with Crippen LogP contribution < -0.4 is 15.2 Å². The highest BCUT2D eigenvalue weighted by molar-refractivity contribution is 5.36. The van der Waals surface area contributed by atoms with Crippen molar-refractivity contribution >= 4 is 0 Å². The van der Waals surface area contributed by atoms with Crippen LogP contribution in [0, 0.1) is 11.6 Å². The number of hydrogen-bond donors (Lipinski definition) is 1. The minimum Gasteiger partial charge on any atom is -0.496 e. The van der Waals surface area contributed by atoms with Gasteiger partial charge in [0.1, 0.15) is 18.2 Å². The number of ether oxygens (including phenoxy) is 2. The second kappa shape index (κ2) is 6.34. The first-order chi connectivity index (χ1) is 9.61. The zero-order chi connectivity index (χ0) is 14.5. The Hall–Kier alpha value is -2.14. The molecule has 0 saturated carbocycles. The summed E-state index contributed by atoms with van der Waals surface area (Å²) in [6.07, 6.45) is 0. The number of hydrogen-bond acceptors (Lipinski definition) is 3. The van der Waals surface area contributed by atoms with E-state index in [-0.39, 0.29) is 12.4 Å². The summed E-state index contributed by atoms with van der Waals surface area (Å²) < 4.78 is 36.7. The fourth-order valence-corrected chi connectivity index (χ4v) is 1.83. The maximum Gasteiger partial charge on any atom is 0.167 e. The largest absolute Gasteiger partial charge is 0.496 e. The Kier molecular flexibility index (Phi) is 4.53. The lowest BCUT2D eigenvalue weighted by atomic mass is 10.1. The molecule has 0 saturated heterocycles. The van der Waals surface area contributed by atoms with Gasteiger partial charge in [-0.3, -0.25) is 0 Å². The third kappa shape index (κ3) is 3.24. The van der Waals surface area contributed by atoms with Crippen LogP contribution in [0.2, 0.25) is 0 Å². The Labute approximate surface area is 115 Å². The number of para-hydroxylation sites is 1. The molecule has 106 valence electrons. The standard InChI is InChI=1S/C15H15F2NO2/c1-19-14-5-3-2-4-11(14)13(18)9-20-15-7-6-10(16)8-12(15)17/h2-8,13H,9,18H2,1H3. The molecule has 20 heavy (non-hydrogen) atoms. The first-order valence-electron chi connectivity index (χ1n) is 6.08. The van der Waals surface area contributed by atoms with Gasteiger partial charge in [0.25, 0.3) is 0 Å². The van der Waals surface area contributed by atoms with Crippen LogP contribution in [0.15, 0.2) is 42.5 Å². The van der Waals surface area contributed by atoms with Gasteiger partial charge in [-0.2, -0.15) is 0 Å². The average Bonchev–Trinajstić information content (AvgIpc) is 2.46. The molecule has 0 aromatic heterocycles. The smallest absolute Gasteiger partial charge is 0.167 e. The van der Waals surface area contributed by atoms with Crippen molar-refractivity contribution in [2.75, 3.05) is 13.7 Å². The summed E-state index contributed by atoms with van der Waals surface area (Å²) >= 11 is 0. The number of rotatable bonds is 5. The van der Waals surface area contributed by atoms with Crippen LogP contribution in [0.1, 0.15) is 11.6 Å². The van der Waals surface area contributed by atoms with E-state index in [1.807, 2.05) is 18.2 Å². The van der Waals surface area contributed by atoms with Crippen LogP contribution in [0.5, 0.6) is 11.5 Å². The highest BCUT2D eigenvalue weighted by Crippen LogP contribution is 2.25. The molecule has 5 heteroatoms. The molecule has 2 aromatic rings. The molecule has 0 spiro atoms. The van der Waals surface area contributed by atoms with Crippen molar-refractivity contribution in [3.05, 3.63) is 59.7 Å². The van der Waals surface area contributed by atoms with Gasteiger partial charge < -0.3 is 15.2 Å². The van der Waals surface area contributed by atoms with E-state index in [2.05, 4.69) is 0 Å². The van der Waals surface area contributed by atoms with Crippen LogP contribution in [0.4, 0.5) is 8.78 Å². The van der Waals surface area contributed by atoms with Gasteiger partial charge in [-0.25, -0.2) is 8.78 Å². The van der Waals surface area contributed by atoms with Crippen molar-refractivity contribution in [3.63, 3.8) is 0 Å². The number of benzene rings is 2. The van der Waals surface area contributed by atoms with Gasteiger partial charge in [-0.1, -0.05) is 18.2 Å². The summed E-state index contributed by atoms with van der Waals surface area (Å²) in [5.41, 5.74) is 6.76. The lowest BCUT2D eigenvalue weighted by molar-refractivity contribution is 0.273. The normalized spacial score (nSPS) is 12.0. The van der Waals surface area contributed by atoms with Gasteiger partial charge in [0.2, 0.25) is 0 Å². The lowest BCUT2D eigenvalue weighted by Gasteiger charge is -2.16. The molecule has 2 N–H and O–H groups in total. The first-order valence-corrected chi connectivity index (χ1v) is 6.08. The molecule has 1 atom stereocenters. The summed E-state index contributed by atoms with van der Waals surface area (Å²) in [4.78, 5) is 0. The van der Waals surface area contributed by atoms with E-state index >= 15 is 0 Å². The topological polar surface area (TPSA) is 44.5 Å². The molecule has 0 aliphatic carbocycles. The zero-order valence-electron chi connectivity index (χ0n) is 11.0. The van der Waals surface area contributed by atoms with Gasteiger partial charge in [0.05, 0.1) is 13.2 Å². The number of halogens is 2. The number of nitrogens with two attached hydrogens (primary N) is 1. The SMILES string of the molecule is COc1ccccc1C(N)COc1ccc(F)cc1F. The molecule has 0 aliphatic rings. The quantitative estimate of drug-likeness (QED) is 0.915. The molecule has 3 nitrogen and oxygen atoms in total. The monoisotopic (exact) mass is 279 g/mol. The third-order valence-corrected chi connectivity index (χ3v) is 2.85. The van der Waals surface area contributed by atoms with Crippen molar-refractivity contribution in [1.82, 2.24) is 0 Å². The first kappa shape index (κ1) is 14.3. The van der Waals surface area contributed by atoms with Gasteiger partial charge in [0, 0.05) is 11.6 Å². The van der Waals surface area contributed by atoms with Gasteiger partial charge in [-0.05, 0) is 18.2 Å². The minimum absolute atomic E-state index is 0.0308. The Balaban J connectivity index is 2.06. The molecule has 1 unspecified atom stereocenters. The van der Waals surface area contributed by atoms with Crippen molar-refractivity contribution in [3.8, 4) is 11.5 Å². The summed E-state index contributed by atoms with van der Waals surface area (Å²) in [6.45, 7) is 0.0585. The maximum absolute atomic E-state index is 13.4. The lowest BCUT2D eigenvalue weighted by Crippen LogP contribution is -2.20. The van der Waals surface area contributed by atoms with Gasteiger partial charge >= 0.3 is 0 Å². The summed E-state index contributed by atoms with van der Waals surface area (Å²) in [7, 11) is 1.55. The molecule has 2 aromatic carbocycles. The molecule has 0 radical (unpaired) electrons. The molecular weight excluding hydrogens is 264 g/mol. The molecule has 0 bridgehead atoms. The predicted octanol–water partition coefficient (Wildman–Crippen LogP) is 3.05. The Morgan fingerprint density at radius 1 is 1.10 bits per heavy atom. The Morgan fingerprint density at radius 3 is 2.55 bits per heavy atom. The van der Waals surface area contributed by atoms with Crippen molar-refractivity contribution in [1.29, 1.82) is 0 Å². The van der Waals surface area contributed by atoms with Gasteiger partial charge in [0.15, 0.2) is 11.6 Å². The number of methoxy groups -OCH3 is 1. The summed E-state index contributed by atoms with van der Waals surface area (Å²) in [5.74, 6) is -0.791. The average molecular weight is 279 g/mol. The highest BCUT2D eigenvalue weighted by atomic mass is 19.1. The van der Waals surface area contributed by atoms with Gasteiger partial charge in [-0.15, -0.1) is 0 Å². The Bertz CT molecular complexity index is 590. The molecule has 2 rings (SSSR count). The molecule has 0 amide bonds. The van der Waals surface area contributed by atoms with E-state index in [1.165, 1.54) is 6.07 Å². The van der Waals surface area contributed by atoms with E-state index in [0.29, 0.717) is 5.75 Å². The third-order valence-electron chi connectivity index (χ3n) is 2.85. The van der Waals surface area contributed by atoms with Crippen LogP contribution in [-0.4, -0.2) is 13.7 Å². The summed E-state index contributed by atoms with van der Waals surface area (Å²) in [5, 5.41) is 0. The van der Waals surface area contributed by atoms with E-state index in [4.69, 9.17) is 15.2 Å². The van der Waals surface area contributed by atoms with E-state index < -0.39 is 17.7 Å². The fourth-order valence-electron chi connectivity index (χ4n) is 1.83. The van der Waals surface area contributed by atoms with Crippen LogP contribution in [0.3, 0.4) is 0 Å². The Morgan fingerprint density at radius 2 is 1.85 bits per heavy atom. The fraction of sp³-hybridized carbons (Fsp3) is 0.200. The van der Waals surface area contributed by atoms with E-state index in [1.54, 1.807) is 13.2 Å². The summed E-state index contributed by atoms with van der Waals surface area (Å²) in [6, 6.07) is 9.92. The highest BCUT2D eigenvalue weighted by Gasteiger charge is 2.13. The zero-order valence-corrected chi connectivity index (χ0v) is 11.0.